The van der Waals surface area contributed by atoms with Crippen LogP contribution in [-0.4, -0.2) is 47.9 Å². The smallest absolute Gasteiger partial charge is 0.334 e. The Morgan fingerprint density at radius 1 is 1.13 bits per heavy atom. The van der Waals surface area contributed by atoms with Gasteiger partial charge in [0.05, 0.1) is 6.10 Å². The van der Waals surface area contributed by atoms with Gasteiger partial charge in [0.1, 0.15) is 11.7 Å². The molecule has 0 aliphatic carbocycles. The first-order valence-corrected chi connectivity index (χ1v) is 11.1. The Balaban J connectivity index is 2.14. The molecule has 0 aromatic carbocycles. The SMILES string of the molecule is CC(=O)O[C@@H]1[C@@H](OC(C)=O)C2=C(C)C(=O)O[C@H]2C/C(C)=C\CC[C@H](C)[C@H]2CC[C@]1(C)O2. The minimum atomic E-state index is -0.967. The number of carbonyl (C=O) groups excluding carboxylic acids is 3. The minimum absolute atomic E-state index is 0.0165. The van der Waals surface area contributed by atoms with Crippen LogP contribution >= 0.6 is 0 Å². The molecule has 0 N–H and O–H groups in total. The van der Waals surface area contributed by atoms with Crippen LogP contribution < -0.4 is 0 Å². The molecule has 0 unspecified atom stereocenters. The van der Waals surface area contributed by atoms with E-state index in [2.05, 4.69) is 13.0 Å². The number of fused-ring (bicyclic) bond motifs is 3. The van der Waals surface area contributed by atoms with Crippen molar-refractivity contribution in [1.29, 1.82) is 0 Å². The molecule has 31 heavy (non-hydrogen) atoms. The molecule has 1 saturated heterocycles. The number of esters is 3. The van der Waals surface area contributed by atoms with Gasteiger partial charge in [-0.2, -0.15) is 0 Å². The van der Waals surface area contributed by atoms with Crippen molar-refractivity contribution in [2.75, 3.05) is 0 Å². The Labute approximate surface area is 184 Å². The van der Waals surface area contributed by atoms with Crippen molar-refractivity contribution in [2.24, 2.45) is 5.92 Å². The highest BCUT2D eigenvalue weighted by Crippen LogP contribution is 2.43. The Hall–Kier alpha value is -2.15. The lowest BCUT2D eigenvalue weighted by Gasteiger charge is -2.39. The van der Waals surface area contributed by atoms with Gasteiger partial charge in [-0.05, 0) is 52.4 Å². The monoisotopic (exact) mass is 434 g/mol. The van der Waals surface area contributed by atoms with Crippen LogP contribution in [0.4, 0.5) is 0 Å². The zero-order valence-corrected chi connectivity index (χ0v) is 19.4. The first-order chi connectivity index (χ1) is 14.5. The molecule has 1 fully saturated rings. The average Bonchev–Trinajstić information content (AvgIpc) is 3.18. The zero-order chi connectivity index (χ0) is 22.9. The summed E-state index contributed by atoms with van der Waals surface area (Å²) in [6.07, 6.45) is 3.60. The molecule has 2 bridgehead atoms. The normalized spacial score (nSPS) is 38.1. The summed E-state index contributed by atoms with van der Waals surface area (Å²) in [4.78, 5) is 36.7. The average molecular weight is 435 g/mol. The van der Waals surface area contributed by atoms with Gasteiger partial charge in [0.2, 0.25) is 0 Å². The molecule has 172 valence electrons. The molecule has 3 aliphatic rings. The second kappa shape index (κ2) is 9.15. The minimum Gasteiger partial charge on any atom is -0.455 e. The van der Waals surface area contributed by atoms with Crippen molar-refractivity contribution in [2.45, 2.75) is 104 Å². The van der Waals surface area contributed by atoms with Crippen molar-refractivity contribution in [3.05, 3.63) is 22.8 Å². The molecular weight excluding hydrogens is 400 g/mol. The van der Waals surface area contributed by atoms with Crippen LogP contribution in [0.2, 0.25) is 0 Å². The number of hydrogen-bond donors (Lipinski definition) is 0. The quantitative estimate of drug-likeness (QED) is 0.371. The largest absolute Gasteiger partial charge is 0.455 e. The molecule has 0 aromatic heterocycles. The van der Waals surface area contributed by atoms with Gasteiger partial charge in [0.25, 0.3) is 0 Å². The van der Waals surface area contributed by atoms with Gasteiger partial charge in [0.15, 0.2) is 12.2 Å². The molecule has 0 aromatic rings. The molecule has 0 spiro atoms. The van der Waals surface area contributed by atoms with Gasteiger partial charge in [-0.1, -0.05) is 18.6 Å². The van der Waals surface area contributed by atoms with Crippen LogP contribution in [0.5, 0.6) is 0 Å². The lowest BCUT2D eigenvalue weighted by molar-refractivity contribution is -0.192. The first kappa shape index (κ1) is 23.5. The first-order valence-electron chi connectivity index (χ1n) is 11.1. The lowest BCUT2D eigenvalue weighted by Crippen LogP contribution is -2.52. The fourth-order valence-corrected chi connectivity index (χ4v) is 5.00. The van der Waals surface area contributed by atoms with E-state index in [0.29, 0.717) is 29.9 Å². The van der Waals surface area contributed by atoms with Gasteiger partial charge < -0.3 is 18.9 Å². The van der Waals surface area contributed by atoms with Crippen LogP contribution in [-0.2, 0) is 33.3 Å². The van der Waals surface area contributed by atoms with Crippen LogP contribution in [0.15, 0.2) is 22.8 Å². The van der Waals surface area contributed by atoms with Gasteiger partial charge in [0, 0.05) is 31.4 Å². The Kier molecular flexibility index (Phi) is 6.94. The summed E-state index contributed by atoms with van der Waals surface area (Å²) in [5, 5.41) is 0. The second-order valence-electron chi connectivity index (χ2n) is 9.35. The fourth-order valence-electron chi connectivity index (χ4n) is 5.00. The van der Waals surface area contributed by atoms with E-state index in [-0.39, 0.29) is 6.10 Å². The predicted octanol–water partition coefficient (Wildman–Crippen LogP) is 3.80. The zero-order valence-electron chi connectivity index (χ0n) is 19.4. The summed E-state index contributed by atoms with van der Waals surface area (Å²) < 4.78 is 23.7. The van der Waals surface area contributed by atoms with E-state index < -0.39 is 41.8 Å². The highest BCUT2D eigenvalue weighted by atomic mass is 16.6. The lowest BCUT2D eigenvalue weighted by atomic mass is 9.83. The van der Waals surface area contributed by atoms with Crippen LogP contribution in [0.3, 0.4) is 0 Å². The molecule has 0 amide bonds. The van der Waals surface area contributed by atoms with Gasteiger partial charge in [-0.15, -0.1) is 0 Å². The molecular formula is C24H34O7. The van der Waals surface area contributed by atoms with E-state index in [1.165, 1.54) is 13.8 Å². The Morgan fingerprint density at radius 3 is 2.45 bits per heavy atom. The Morgan fingerprint density at radius 2 is 1.81 bits per heavy atom. The van der Waals surface area contributed by atoms with E-state index in [4.69, 9.17) is 18.9 Å². The van der Waals surface area contributed by atoms with Gasteiger partial charge >= 0.3 is 17.9 Å². The highest BCUT2D eigenvalue weighted by Gasteiger charge is 2.53. The highest BCUT2D eigenvalue weighted by molar-refractivity contribution is 5.92. The van der Waals surface area contributed by atoms with Crippen molar-refractivity contribution in [3.63, 3.8) is 0 Å². The van der Waals surface area contributed by atoms with E-state index in [0.717, 1.165) is 24.8 Å². The predicted molar refractivity (Wildman–Crippen MR) is 113 cm³/mol. The van der Waals surface area contributed by atoms with Crippen molar-refractivity contribution < 1.29 is 33.3 Å². The topological polar surface area (TPSA) is 88.1 Å². The van der Waals surface area contributed by atoms with Gasteiger partial charge in [-0.3, -0.25) is 9.59 Å². The maximum absolute atomic E-state index is 12.5. The summed E-state index contributed by atoms with van der Waals surface area (Å²) in [5.41, 5.74) is 1.19. The number of rotatable bonds is 2. The number of carbonyl (C=O) groups is 3. The standard InChI is InChI=1S/C24H34O7/c1-13-8-7-9-14(2)18-10-11-24(6,31-18)22(29-17(5)26)21(28-16(4)25)20-15(3)23(27)30-19(20)12-13/h8,14,18-19,21-22H,7,9-12H2,1-6H3/b13-8-/t14-,18+,19-,21-,22+,24-/m0/s1. The van der Waals surface area contributed by atoms with E-state index in [9.17, 15) is 14.4 Å². The summed E-state index contributed by atoms with van der Waals surface area (Å²) in [6.45, 7) is 10.4. The Bertz CT molecular complexity index is 811. The third-order valence-corrected chi connectivity index (χ3v) is 6.71. The number of allylic oxidation sites excluding steroid dienone is 1. The van der Waals surface area contributed by atoms with Crippen molar-refractivity contribution >= 4 is 17.9 Å². The van der Waals surface area contributed by atoms with E-state index >= 15 is 0 Å². The second-order valence-corrected chi connectivity index (χ2v) is 9.35. The molecule has 7 heteroatoms. The molecule has 0 radical (unpaired) electrons. The third-order valence-electron chi connectivity index (χ3n) is 6.71. The third kappa shape index (κ3) is 5.03. The summed E-state index contributed by atoms with van der Waals surface area (Å²) in [5.74, 6) is -1.13. The van der Waals surface area contributed by atoms with E-state index in [1.54, 1.807) is 6.92 Å². The fraction of sp³-hybridized carbons (Fsp3) is 0.708. The maximum atomic E-state index is 12.5. The molecule has 3 heterocycles. The van der Waals surface area contributed by atoms with Gasteiger partial charge in [-0.25, -0.2) is 4.79 Å². The maximum Gasteiger partial charge on any atom is 0.334 e. The summed E-state index contributed by atoms with van der Waals surface area (Å²) in [6, 6.07) is 0. The van der Waals surface area contributed by atoms with Crippen LogP contribution in [0, 0.1) is 5.92 Å². The van der Waals surface area contributed by atoms with Crippen LogP contribution in [0.25, 0.3) is 0 Å². The molecule has 0 saturated carbocycles. The van der Waals surface area contributed by atoms with Crippen LogP contribution in [0.1, 0.15) is 73.6 Å². The van der Waals surface area contributed by atoms with Crippen molar-refractivity contribution in [3.8, 4) is 0 Å². The molecule has 6 atom stereocenters. The summed E-state index contributed by atoms with van der Waals surface area (Å²) in [7, 11) is 0. The van der Waals surface area contributed by atoms with Crippen molar-refractivity contribution in [1.82, 2.24) is 0 Å². The molecule has 7 nitrogen and oxygen atoms in total. The number of hydrogen-bond acceptors (Lipinski definition) is 7. The number of ether oxygens (including phenoxy) is 4. The molecule has 3 aliphatic heterocycles. The summed E-state index contributed by atoms with van der Waals surface area (Å²) >= 11 is 0. The van der Waals surface area contributed by atoms with E-state index in [1.807, 2.05) is 13.8 Å². The molecule has 3 rings (SSSR count).